The van der Waals surface area contributed by atoms with E-state index in [4.69, 9.17) is 0 Å². The minimum absolute atomic E-state index is 0.0883. The first-order valence-electron chi connectivity index (χ1n) is 5.88. The third-order valence-electron chi connectivity index (χ3n) is 2.42. The van der Waals surface area contributed by atoms with E-state index in [2.05, 4.69) is 5.32 Å². The van der Waals surface area contributed by atoms with Gasteiger partial charge in [-0.25, -0.2) is 4.39 Å². The van der Waals surface area contributed by atoms with Crippen LogP contribution >= 0.6 is 11.8 Å². The number of carbonyl (C=O) groups excluding carboxylic acids is 1. The fourth-order valence-corrected chi connectivity index (χ4v) is 2.09. The van der Waals surface area contributed by atoms with Gasteiger partial charge in [0.15, 0.2) is 0 Å². The van der Waals surface area contributed by atoms with Gasteiger partial charge in [-0.05, 0) is 24.1 Å². The number of rotatable bonds is 7. The lowest BCUT2D eigenvalue weighted by molar-refractivity contribution is -0.119. The van der Waals surface area contributed by atoms with E-state index in [9.17, 15) is 14.3 Å². The van der Waals surface area contributed by atoms with Crippen molar-refractivity contribution in [1.82, 2.24) is 5.32 Å². The molecule has 1 atom stereocenters. The quantitative estimate of drug-likeness (QED) is 0.797. The number of amides is 1. The summed E-state index contributed by atoms with van der Waals surface area (Å²) < 4.78 is 12.7. The van der Waals surface area contributed by atoms with Crippen LogP contribution in [0.5, 0.6) is 0 Å². The molecule has 0 saturated heterocycles. The molecule has 1 aromatic carbocycles. The molecule has 1 aromatic rings. The Morgan fingerprint density at radius 1 is 1.44 bits per heavy atom. The fourth-order valence-electron chi connectivity index (χ4n) is 1.27. The largest absolute Gasteiger partial charge is 0.391 e. The summed E-state index contributed by atoms with van der Waals surface area (Å²) in [6, 6.07) is 6.24. The first kappa shape index (κ1) is 15.0. The van der Waals surface area contributed by atoms with E-state index < -0.39 is 6.10 Å². The predicted molar refractivity (Wildman–Crippen MR) is 71.9 cm³/mol. The van der Waals surface area contributed by atoms with E-state index in [0.717, 1.165) is 5.56 Å². The molecular formula is C13H18FNO2S. The van der Waals surface area contributed by atoms with E-state index in [-0.39, 0.29) is 11.7 Å². The average Bonchev–Trinajstić information content (AvgIpc) is 2.38. The molecule has 3 nitrogen and oxygen atoms in total. The van der Waals surface area contributed by atoms with Crippen molar-refractivity contribution in [3.63, 3.8) is 0 Å². The highest BCUT2D eigenvalue weighted by Gasteiger charge is 2.05. The molecule has 0 fully saturated rings. The Balaban J connectivity index is 2.17. The highest BCUT2D eigenvalue weighted by atomic mass is 32.2. The Morgan fingerprint density at radius 2 is 2.11 bits per heavy atom. The SMILES string of the molecule is CCC(O)CNC(=O)CSCc1ccc(F)cc1. The Kier molecular flexibility index (Phi) is 6.75. The van der Waals surface area contributed by atoms with Crippen LogP contribution in [0.3, 0.4) is 0 Å². The second-order valence-corrected chi connectivity index (χ2v) is 4.97. The highest BCUT2D eigenvalue weighted by molar-refractivity contribution is 7.99. The van der Waals surface area contributed by atoms with Crippen LogP contribution in [0.1, 0.15) is 18.9 Å². The molecule has 0 aromatic heterocycles. The first-order valence-corrected chi connectivity index (χ1v) is 7.04. The maximum absolute atomic E-state index is 12.7. The Labute approximate surface area is 111 Å². The molecule has 1 rings (SSSR count). The minimum atomic E-state index is -0.476. The number of benzene rings is 1. The van der Waals surface area contributed by atoms with E-state index >= 15 is 0 Å². The number of hydrogen-bond acceptors (Lipinski definition) is 3. The van der Waals surface area contributed by atoms with Gasteiger partial charge < -0.3 is 10.4 Å². The van der Waals surface area contributed by atoms with Gasteiger partial charge in [0.25, 0.3) is 0 Å². The second-order valence-electron chi connectivity index (χ2n) is 3.99. The molecule has 18 heavy (non-hydrogen) atoms. The van der Waals surface area contributed by atoms with Crippen LogP contribution in [0.25, 0.3) is 0 Å². The van der Waals surface area contributed by atoms with Gasteiger partial charge in [0, 0.05) is 12.3 Å². The molecule has 0 aliphatic carbocycles. The van der Waals surface area contributed by atoms with Crippen LogP contribution in [0, 0.1) is 5.82 Å². The number of nitrogens with one attached hydrogen (secondary N) is 1. The van der Waals surface area contributed by atoms with Gasteiger partial charge in [0.2, 0.25) is 5.91 Å². The number of aliphatic hydroxyl groups is 1. The van der Waals surface area contributed by atoms with Gasteiger partial charge in [0.1, 0.15) is 5.82 Å². The molecule has 0 radical (unpaired) electrons. The summed E-state index contributed by atoms with van der Waals surface area (Å²) in [5, 5.41) is 11.9. The van der Waals surface area contributed by atoms with Crippen LogP contribution < -0.4 is 5.32 Å². The van der Waals surface area contributed by atoms with Crippen LogP contribution in [-0.2, 0) is 10.5 Å². The number of thioether (sulfide) groups is 1. The topological polar surface area (TPSA) is 49.3 Å². The summed E-state index contributed by atoms with van der Waals surface area (Å²) in [5.74, 6) is 0.669. The standard InChI is InChI=1S/C13H18FNO2S/c1-2-12(16)7-15-13(17)9-18-8-10-3-5-11(14)6-4-10/h3-6,12,16H,2,7-9H2,1H3,(H,15,17). The molecule has 0 saturated carbocycles. The fraction of sp³-hybridized carbons (Fsp3) is 0.462. The number of hydrogen-bond donors (Lipinski definition) is 2. The maximum atomic E-state index is 12.7. The van der Waals surface area contributed by atoms with Gasteiger partial charge in [-0.1, -0.05) is 19.1 Å². The first-order chi connectivity index (χ1) is 8.61. The van der Waals surface area contributed by atoms with E-state index in [0.29, 0.717) is 24.5 Å². The Hall–Kier alpha value is -1.07. The molecule has 0 aliphatic rings. The van der Waals surface area contributed by atoms with E-state index in [1.165, 1.54) is 23.9 Å². The lowest BCUT2D eigenvalue weighted by Crippen LogP contribution is -2.32. The molecule has 5 heteroatoms. The zero-order valence-corrected chi connectivity index (χ0v) is 11.2. The molecular weight excluding hydrogens is 253 g/mol. The molecule has 1 amide bonds. The van der Waals surface area contributed by atoms with Crippen LogP contribution in [0.15, 0.2) is 24.3 Å². The zero-order valence-electron chi connectivity index (χ0n) is 10.4. The summed E-state index contributed by atoms with van der Waals surface area (Å²) >= 11 is 1.46. The lowest BCUT2D eigenvalue weighted by atomic mass is 10.2. The van der Waals surface area contributed by atoms with Gasteiger partial charge in [-0.15, -0.1) is 11.8 Å². The van der Waals surface area contributed by atoms with E-state index in [1.807, 2.05) is 6.92 Å². The molecule has 1 unspecified atom stereocenters. The number of carbonyl (C=O) groups is 1. The van der Waals surface area contributed by atoms with Crippen molar-refractivity contribution >= 4 is 17.7 Å². The Morgan fingerprint density at radius 3 is 2.72 bits per heavy atom. The van der Waals surface area contributed by atoms with Crippen molar-refractivity contribution in [3.05, 3.63) is 35.6 Å². The van der Waals surface area contributed by atoms with Crippen molar-refractivity contribution < 1.29 is 14.3 Å². The molecule has 0 aliphatic heterocycles. The van der Waals surface area contributed by atoms with Gasteiger partial charge in [0.05, 0.1) is 11.9 Å². The van der Waals surface area contributed by atoms with Crippen molar-refractivity contribution in [3.8, 4) is 0 Å². The molecule has 0 spiro atoms. The summed E-state index contributed by atoms with van der Waals surface area (Å²) in [4.78, 5) is 11.4. The van der Waals surface area contributed by atoms with E-state index in [1.54, 1.807) is 12.1 Å². The van der Waals surface area contributed by atoms with Crippen molar-refractivity contribution in [1.29, 1.82) is 0 Å². The van der Waals surface area contributed by atoms with Crippen molar-refractivity contribution in [2.24, 2.45) is 0 Å². The maximum Gasteiger partial charge on any atom is 0.230 e. The van der Waals surface area contributed by atoms with Crippen LogP contribution in [0.4, 0.5) is 4.39 Å². The average molecular weight is 271 g/mol. The summed E-state index contributed by atoms with van der Waals surface area (Å²) in [7, 11) is 0. The smallest absolute Gasteiger partial charge is 0.230 e. The normalized spacial score (nSPS) is 12.2. The van der Waals surface area contributed by atoms with Gasteiger partial charge in [-0.3, -0.25) is 4.79 Å². The third-order valence-corrected chi connectivity index (χ3v) is 3.43. The number of aliphatic hydroxyl groups excluding tert-OH is 1. The predicted octanol–water partition coefficient (Wildman–Crippen LogP) is 1.95. The van der Waals surface area contributed by atoms with Gasteiger partial charge in [-0.2, -0.15) is 0 Å². The second kappa shape index (κ2) is 8.11. The van der Waals surface area contributed by atoms with Crippen LogP contribution in [-0.4, -0.2) is 29.4 Å². The van der Waals surface area contributed by atoms with Crippen molar-refractivity contribution in [2.45, 2.75) is 25.2 Å². The van der Waals surface area contributed by atoms with Crippen LogP contribution in [0.2, 0.25) is 0 Å². The minimum Gasteiger partial charge on any atom is -0.391 e. The summed E-state index contributed by atoms with van der Waals surface area (Å²) in [6.07, 6.45) is 0.152. The van der Waals surface area contributed by atoms with Crippen molar-refractivity contribution in [2.75, 3.05) is 12.3 Å². The molecule has 0 heterocycles. The monoisotopic (exact) mass is 271 g/mol. The highest BCUT2D eigenvalue weighted by Crippen LogP contribution is 2.12. The van der Waals surface area contributed by atoms with Gasteiger partial charge >= 0.3 is 0 Å². The molecule has 0 bridgehead atoms. The Bertz CT molecular complexity index is 370. The molecule has 100 valence electrons. The summed E-state index contributed by atoms with van der Waals surface area (Å²) in [5.41, 5.74) is 0.989. The third kappa shape index (κ3) is 6.02. The summed E-state index contributed by atoms with van der Waals surface area (Å²) in [6.45, 7) is 2.16. The molecule has 2 N–H and O–H groups in total. The number of halogens is 1. The zero-order chi connectivity index (χ0) is 13.4. The lowest BCUT2D eigenvalue weighted by Gasteiger charge is -2.09.